The van der Waals surface area contributed by atoms with E-state index < -0.39 is 99.3 Å². The van der Waals surface area contributed by atoms with Gasteiger partial charge in [0.05, 0.1) is 19.8 Å². The number of esters is 2. The predicted molar refractivity (Wildman–Crippen MR) is 248 cm³/mol. The number of carbonyl (C=O) groups excluding carboxylic acids is 4. The highest BCUT2D eigenvalue weighted by Crippen LogP contribution is 2.32. The van der Waals surface area contributed by atoms with Gasteiger partial charge in [-0.25, -0.2) is 0 Å². The first-order valence-electron chi connectivity index (χ1n) is 25.1. The zero-order valence-corrected chi connectivity index (χ0v) is 40.0. The third-order valence-electron chi connectivity index (χ3n) is 13.3. The molecule has 68 heavy (non-hydrogen) atoms. The van der Waals surface area contributed by atoms with Crippen molar-refractivity contribution in [1.82, 2.24) is 0 Å². The lowest BCUT2D eigenvalue weighted by atomic mass is 9.87. The maximum Gasteiger partial charge on any atom is 0.306 e. The third kappa shape index (κ3) is 18.5. The zero-order valence-electron chi connectivity index (χ0n) is 40.0. The van der Waals surface area contributed by atoms with Crippen molar-refractivity contribution >= 4 is 23.5 Å². The number of carbonyl (C=O) groups is 4. The Morgan fingerprint density at radius 3 is 1.59 bits per heavy atom. The molecule has 0 aromatic rings. The Labute approximate surface area is 401 Å². The normalized spacial score (nSPS) is 32.2. The van der Waals surface area contributed by atoms with Crippen LogP contribution in [0.1, 0.15) is 129 Å². The molecule has 4 rings (SSSR count). The van der Waals surface area contributed by atoms with Gasteiger partial charge in [0, 0.05) is 24.7 Å². The molecule has 0 aromatic carbocycles. The number of hydrogen-bond donors (Lipinski definition) is 7. The summed E-state index contributed by atoms with van der Waals surface area (Å²) in [4.78, 5) is 50.6. The molecule has 386 valence electrons. The van der Waals surface area contributed by atoms with E-state index in [2.05, 4.69) is 38.2 Å². The van der Waals surface area contributed by atoms with Gasteiger partial charge in [-0.05, 0) is 75.4 Å². The van der Waals surface area contributed by atoms with E-state index in [0.717, 1.165) is 89.9 Å². The summed E-state index contributed by atoms with van der Waals surface area (Å²) in [6, 6.07) is 0. The Hall–Kier alpha value is -3.20. The molecule has 2 aliphatic carbocycles. The van der Waals surface area contributed by atoms with E-state index in [4.69, 9.17) is 28.4 Å². The first kappa shape index (κ1) is 57.4. The van der Waals surface area contributed by atoms with Gasteiger partial charge >= 0.3 is 11.9 Å². The second kappa shape index (κ2) is 31.2. The molecule has 0 saturated carbocycles. The minimum absolute atomic E-state index is 0.00956. The van der Waals surface area contributed by atoms with E-state index in [9.17, 15) is 54.9 Å². The summed E-state index contributed by atoms with van der Waals surface area (Å²) < 4.78 is 33.5. The van der Waals surface area contributed by atoms with E-state index in [1.807, 2.05) is 12.2 Å². The SMILES string of the molecule is CCC=CCC1C(=O)C=CC1CCCCCCCC(=O)OCC(COC1OC(COC2OC(CO)C(O)C(O)C2O)C(O)C(O)C1O)OC(=O)CCCCCCCC1C=CC(=O)C1CC=CCC. The van der Waals surface area contributed by atoms with Gasteiger partial charge in [-0.2, -0.15) is 0 Å². The first-order valence-corrected chi connectivity index (χ1v) is 25.1. The summed E-state index contributed by atoms with van der Waals surface area (Å²) in [5, 5.41) is 72.2. The quantitative estimate of drug-likeness (QED) is 0.0285. The topological polar surface area (TPSA) is 265 Å². The molecule has 2 heterocycles. The van der Waals surface area contributed by atoms with Crippen LogP contribution in [0.3, 0.4) is 0 Å². The van der Waals surface area contributed by atoms with Gasteiger partial charge in [-0.3, -0.25) is 19.2 Å². The van der Waals surface area contributed by atoms with Crippen LogP contribution in [0.5, 0.6) is 0 Å². The summed E-state index contributed by atoms with van der Waals surface area (Å²) in [5.41, 5.74) is 0. The zero-order chi connectivity index (χ0) is 49.4. The fourth-order valence-electron chi connectivity index (χ4n) is 9.14. The van der Waals surface area contributed by atoms with Gasteiger partial charge in [-0.15, -0.1) is 0 Å². The number of rotatable bonds is 32. The molecule has 0 aromatic heterocycles. The van der Waals surface area contributed by atoms with Gasteiger partial charge in [0.2, 0.25) is 0 Å². The molecule has 7 N–H and O–H groups in total. The molecule has 15 unspecified atom stereocenters. The monoisotopic (exact) mass is 965 g/mol. The van der Waals surface area contributed by atoms with Crippen LogP contribution in [0.15, 0.2) is 48.6 Å². The van der Waals surface area contributed by atoms with Crippen LogP contribution in [-0.2, 0) is 47.6 Å². The number of ether oxygens (including phenoxy) is 6. The van der Waals surface area contributed by atoms with Crippen LogP contribution < -0.4 is 0 Å². The molecule has 15 atom stereocenters. The Kier molecular flexibility index (Phi) is 26.3. The molecule has 4 aliphatic rings. The van der Waals surface area contributed by atoms with Crippen molar-refractivity contribution < 1.29 is 83.3 Å². The number of hydrogen-bond acceptors (Lipinski definition) is 17. The average Bonchev–Trinajstić information content (AvgIpc) is 3.87. The highest BCUT2D eigenvalue weighted by molar-refractivity contribution is 5.95. The Balaban J connectivity index is 1.23. The Bertz CT molecular complexity index is 1630. The van der Waals surface area contributed by atoms with Crippen molar-refractivity contribution in [2.75, 3.05) is 26.4 Å². The van der Waals surface area contributed by atoms with E-state index >= 15 is 0 Å². The molecular formula is C51H80O17. The van der Waals surface area contributed by atoms with Gasteiger partial charge in [-0.1, -0.05) is 102 Å². The largest absolute Gasteiger partial charge is 0.462 e. The smallest absolute Gasteiger partial charge is 0.306 e. The van der Waals surface area contributed by atoms with E-state index in [1.165, 1.54) is 0 Å². The summed E-state index contributed by atoms with van der Waals surface area (Å²) >= 11 is 0. The van der Waals surface area contributed by atoms with Crippen molar-refractivity contribution in [1.29, 1.82) is 0 Å². The van der Waals surface area contributed by atoms with Gasteiger partial charge in [0.15, 0.2) is 30.3 Å². The molecule has 17 heteroatoms. The van der Waals surface area contributed by atoms with Crippen molar-refractivity contribution in [3.63, 3.8) is 0 Å². The highest BCUT2D eigenvalue weighted by atomic mass is 16.7. The van der Waals surface area contributed by atoms with Crippen LogP contribution >= 0.6 is 0 Å². The molecular weight excluding hydrogens is 885 g/mol. The molecule has 0 radical (unpaired) electrons. The average molecular weight is 965 g/mol. The minimum Gasteiger partial charge on any atom is -0.462 e. The summed E-state index contributed by atoms with van der Waals surface area (Å²) in [7, 11) is 0. The first-order chi connectivity index (χ1) is 32.8. The summed E-state index contributed by atoms with van der Waals surface area (Å²) in [6.45, 7) is 2.08. The fourth-order valence-corrected chi connectivity index (χ4v) is 9.14. The molecule has 0 spiro atoms. The lowest BCUT2D eigenvalue weighted by Crippen LogP contribution is -2.61. The van der Waals surface area contributed by atoms with E-state index in [-0.39, 0.29) is 54.7 Å². The van der Waals surface area contributed by atoms with Gasteiger partial charge in [0.25, 0.3) is 0 Å². The predicted octanol–water partition coefficient (Wildman–Crippen LogP) is 4.00. The van der Waals surface area contributed by atoms with Crippen molar-refractivity contribution in [2.24, 2.45) is 23.7 Å². The van der Waals surface area contributed by atoms with Crippen LogP contribution in [0.2, 0.25) is 0 Å². The highest BCUT2D eigenvalue weighted by Gasteiger charge is 2.48. The molecule has 2 aliphatic heterocycles. The number of unbranched alkanes of at least 4 members (excludes halogenated alkanes) is 8. The second-order valence-corrected chi connectivity index (χ2v) is 18.6. The Morgan fingerprint density at radius 1 is 0.588 bits per heavy atom. The summed E-state index contributed by atoms with van der Waals surface area (Å²) in [5.74, 6) is -0.138. The second-order valence-electron chi connectivity index (χ2n) is 18.6. The molecule has 0 amide bonds. The van der Waals surface area contributed by atoms with Gasteiger partial charge < -0.3 is 64.2 Å². The van der Waals surface area contributed by atoms with E-state index in [1.54, 1.807) is 12.2 Å². The molecule has 2 saturated heterocycles. The molecule has 17 nitrogen and oxygen atoms in total. The lowest BCUT2D eigenvalue weighted by molar-refractivity contribution is -0.332. The van der Waals surface area contributed by atoms with E-state index in [0.29, 0.717) is 12.8 Å². The number of ketones is 2. The Morgan fingerprint density at radius 2 is 1.06 bits per heavy atom. The van der Waals surface area contributed by atoms with Crippen LogP contribution in [0.4, 0.5) is 0 Å². The maximum atomic E-state index is 13.1. The van der Waals surface area contributed by atoms with Crippen molar-refractivity contribution in [2.45, 2.75) is 197 Å². The van der Waals surface area contributed by atoms with Crippen molar-refractivity contribution in [3.8, 4) is 0 Å². The van der Waals surface area contributed by atoms with Gasteiger partial charge in [0.1, 0.15) is 55.4 Å². The number of aliphatic hydroxyl groups is 7. The lowest BCUT2D eigenvalue weighted by Gasteiger charge is -2.42. The standard InChI is InChI=1S/C51H80O17/c1-3-5-13-21-36-33(25-27-38(36)53)19-15-9-7-11-17-23-42(55)63-30-35(66-43(56)24-18-12-8-10-16-20-34-26-28-39(54)37(34)22-14-6-4-2)31-64-50-49(62)47(60)45(58)41(68-50)32-65-51-48(61)46(59)44(57)40(29-52)67-51/h5-6,13-14,25-28,33-37,40-41,44-52,57-62H,3-4,7-12,15-24,29-32H2,1-2H3. The molecule has 2 fully saturated rings. The number of allylic oxidation sites excluding steroid dienone is 8. The van der Waals surface area contributed by atoms with Crippen LogP contribution in [0, 0.1) is 23.7 Å². The maximum absolute atomic E-state index is 13.1. The minimum atomic E-state index is -1.80. The van der Waals surface area contributed by atoms with Crippen LogP contribution in [-0.4, -0.2) is 153 Å². The number of aliphatic hydroxyl groups excluding tert-OH is 7. The van der Waals surface area contributed by atoms with Crippen molar-refractivity contribution in [3.05, 3.63) is 48.6 Å². The molecule has 0 bridgehead atoms. The fraction of sp³-hybridized carbons (Fsp3) is 0.765. The summed E-state index contributed by atoms with van der Waals surface area (Å²) in [6.07, 6.45) is 12.4. The third-order valence-corrected chi connectivity index (χ3v) is 13.3. The van der Waals surface area contributed by atoms with Crippen LogP contribution in [0.25, 0.3) is 0 Å².